The Kier molecular flexibility index (Phi) is 7.17. The summed E-state index contributed by atoms with van der Waals surface area (Å²) in [6.45, 7) is 8.28. The Hall–Kier alpha value is -1.21. The Morgan fingerprint density at radius 2 is 1.52 bits per heavy atom. The first-order chi connectivity index (χ1) is 10.2. The minimum atomic E-state index is -5.51. The third-order valence-electron chi connectivity index (χ3n) is 3.61. The van der Waals surface area contributed by atoms with Crippen LogP contribution in [-0.4, -0.2) is 24.4 Å². The molecule has 136 valence electrons. The van der Waals surface area contributed by atoms with Crippen molar-refractivity contribution in [3.63, 3.8) is 0 Å². The molecule has 0 N–H and O–H groups in total. The maximum atomic E-state index is 13.0. The number of carbonyl (C=O) groups excluding carboxylic acids is 1. The van der Waals surface area contributed by atoms with E-state index in [-0.39, 0.29) is 31.3 Å². The minimum Gasteiger partial charge on any atom is -0.459 e. The minimum absolute atomic E-state index is 0.000485. The van der Waals surface area contributed by atoms with Crippen molar-refractivity contribution >= 4 is 5.97 Å². The average molecular weight is 348 g/mol. The Morgan fingerprint density at radius 3 is 1.83 bits per heavy atom. The van der Waals surface area contributed by atoms with Gasteiger partial charge in [-0.25, -0.2) is 4.79 Å². The summed E-state index contributed by atoms with van der Waals surface area (Å²) < 4.78 is 82.8. The lowest BCUT2D eigenvalue weighted by molar-refractivity contribution is -0.341. The van der Waals surface area contributed by atoms with Crippen LogP contribution in [0.5, 0.6) is 0 Å². The molecule has 2 nitrogen and oxygen atoms in total. The summed E-state index contributed by atoms with van der Waals surface area (Å²) in [5.74, 6) is -1.21. The molecule has 0 aromatic rings. The van der Waals surface area contributed by atoms with Gasteiger partial charge in [-0.2, -0.15) is 26.3 Å². The Labute approximate surface area is 131 Å². The summed E-state index contributed by atoms with van der Waals surface area (Å²) >= 11 is 0. The standard InChI is InChI=1S/C15H22F6O2/c1-6-10(4)12(22)23-11(7-9(2)3)8-13(5,14(16,17)18)15(19,20)21/h9,11H,4,6-8H2,1-3,5H3. The van der Waals surface area contributed by atoms with Crippen molar-refractivity contribution in [2.45, 2.75) is 65.4 Å². The van der Waals surface area contributed by atoms with E-state index in [1.165, 1.54) is 0 Å². The number of halogens is 6. The fraction of sp³-hybridized carbons (Fsp3) is 0.800. The summed E-state index contributed by atoms with van der Waals surface area (Å²) in [5, 5.41) is 0. The second-order valence-corrected chi connectivity index (χ2v) is 6.15. The van der Waals surface area contributed by atoms with Gasteiger partial charge in [0.25, 0.3) is 0 Å². The molecule has 0 radical (unpaired) electrons. The van der Waals surface area contributed by atoms with Crippen molar-refractivity contribution < 1.29 is 35.9 Å². The van der Waals surface area contributed by atoms with Crippen LogP contribution >= 0.6 is 0 Å². The van der Waals surface area contributed by atoms with E-state index in [1.807, 2.05) is 0 Å². The highest BCUT2D eigenvalue weighted by Crippen LogP contribution is 2.53. The Morgan fingerprint density at radius 1 is 1.09 bits per heavy atom. The first-order valence-electron chi connectivity index (χ1n) is 7.18. The zero-order valence-corrected chi connectivity index (χ0v) is 13.6. The highest BCUT2D eigenvalue weighted by atomic mass is 19.4. The highest BCUT2D eigenvalue weighted by molar-refractivity contribution is 5.87. The molecule has 1 unspecified atom stereocenters. The van der Waals surface area contributed by atoms with E-state index in [4.69, 9.17) is 4.74 Å². The molecule has 1 atom stereocenters. The van der Waals surface area contributed by atoms with Crippen molar-refractivity contribution in [3.05, 3.63) is 12.2 Å². The average Bonchev–Trinajstić information content (AvgIpc) is 2.33. The number of alkyl halides is 6. The van der Waals surface area contributed by atoms with Gasteiger partial charge in [-0.15, -0.1) is 0 Å². The van der Waals surface area contributed by atoms with Crippen molar-refractivity contribution in [1.82, 2.24) is 0 Å². The van der Waals surface area contributed by atoms with E-state index in [1.54, 1.807) is 20.8 Å². The Balaban J connectivity index is 5.48. The molecule has 0 rings (SSSR count). The van der Waals surface area contributed by atoms with E-state index in [9.17, 15) is 31.1 Å². The molecular formula is C15H22F6O2. The second-order valence-electron chi connectivity index (χ2n) is 6.15. The van der Waals surface area contributed by atoms with Gasteiger partial charge in [0.05, 0.1) is 0 Å². The van der Waals surface area contributed by atoms with Gasteiger partial charge in [0, 0.05) is 12.0 Å². The predicted molar refractivity (Wildman–Crippen MR) is 73.6 cm³/mol. The summed E-state index contributed by atoms with van der Waals surface area (Å²) in [7, 11) is 0. The van der Waals surface area contributed by atoms with Gasteiger partial charge in [-0.3, -0.25) is 0 Å². The second kappa shape index (κ2) is 7.57. The third-order valence-corrected chi connectivity index (χ3v) is 3.61. The summed E-state index contributed by atoms with van der Waals surface area (Å²) in [6.07, 6.45) is -13.8. The predicted octanol–water partition coefficient (Wildman–Crippen LogP) is 5.43. The smallest absolute Gasteiger partial charge is 0.403 e. The molecule has 0 aromatic carbocycles. The summed E-state index contributed by atoms with van der Waals surface area (Å²) in [4.78, 5) is 11.7. The highest BCUT2D eigenvalue weighted by Gasteiger charge is 2.68. The van der Waals surface area contributed by atoms with Gasteiger partial charge in [0.15, 0.2) is 5.41 Å². The lowest BCUT2D eigenvalue weighted by Crippen LogP contribution is -2.50. The normalized spacial score (nSPS) is 14.7. The van der Waals surface area contributed by atoms with Gasteiger partial charge in [0.1, 0.15) is 6.10 Å². The fourth-order valence-electron chi connectivity index (χ4n) is 1.93. The maximum Gasteiger partial charge on any atom is 0.403 e. The first kappa shape index (κ1) is 21.8. The molecule has 0 aliphatic rings. The summed E-state index contributed by atoms with van der Waals surface area (Å²) in [5.41, 5.74) is -3.95. The first-order valence-corrected chi connectivity index (χ1v) is 7.18. The zero-order valence-electron chi connectivity index (χ0n) is 13.6. The number of rotatable bonds is 7. The number of esters is 1. The molecule has 8 heteroatoms. The van der Waals surface area contributed by atoms with E-state index in [0.717, 1.165) is 0 Å². The molecule has 23 heavy (non-hydrogen) atoms. The van der Waals surface area contributed by atoms with Crippen LogP contribution in [0.3, 0.4) is 0 Å². The zero-order chi connectivity index (χ0) is 18.6. The van der Waals surface area contributed by atoms with Crippen LogP contribution in [0.25, 0.3) is 0 Å². The molecule has 0 saturated carbocycles. The number of hydrogen-bond donors (Lipinski definition) is 0. The Bertz CT molecular complexity index is 409. The quantitative estimate of drug-likeness (QED) is 0.348. The van der Waals surface area contributed by atoms with Crippen molar-refractivity contribution in [2.75, 3.05) is 0 Å². The van der Waals surface area contributed by atoms with Crippen molar-refractivity contribution in [2.24, 2.45) is 11.3 Å². The van der Waals surface area contributed by atoms with Crippen LogP contribution < -0.4 is 0 Å². The van der Waals surface area contributed by atoms with E-state index in [0.29, 0.717) is 0 Å². The van der Waals surface area contributed by atoms with Gasteiger partial charge in [-0.1, -0.05) is 27.4 Å². The molecule has 0 aliphatic heterocycles. The lowest BCUT2D eigenvalue weighted by atomic mass is 9.81. The van der Waals surface area contributed by atoms with Crippen LogP contribution in [0.4, 0.5) is 26.3 Å². The number of hydrogen-bond acceptors (Lipinski definition) is 2. The SMILES string of the molecule is C=C(CC)C(=O)OC(CC(C)C)CC(C)(C(F)(F)F)C(F)(F)F. The lowest BCUT2D eigenvalue weighted by Gasteiger charge is -2.36. The molecular weight excluding hydrogens is 326 g/mol. The molecule has 0 heterocycles. The molecule has 0 amide bonds. The van der Waals surface area contributed by atoms with E-state index >= 15 is 0 Å². The molecule has 0 bridgehead atoms. The van der Waals surface area contributed by atoms with Crippen molar-refractivity contribution in [1.29, 1.82) is 0 Å². The van der Waals surface area contributed by atoms with Gasteiger partial charge in [-0.05, 0) is 25.7 Å². The van der Waals surface area contributed by atoms with E-state index in [2.05, 4.69) is 6.58 Å². The maximum absolute atomic E-state index is 13.0. The van der Waals surface area contributed by atoms with Crippen molar-refractivity contribution in [3.8, 4) is 0 Å². The van der Waals surface area contributed by atoms with Gasteiger partial charge >= 0.3 is 18.3 Å². The van der Waals surface area contributed by atoms with Gasteiger partial charge in [0.2, 0.25) is 0 Å². The van der Waals surface area contributed by atoms with Crippen LogP contribution in [-0.2, 0) is 9.53 Å². The van der Waals surface area contributed by atoms with Crippen LogP contribution in [0, 0.1) is 11.3 Å². The van der Waals surface area contributed by atoms with Crippen LogP contribution in [0.2, 0.25) is 0 Å². The molecule has 0 spiro atoms. The van der Waals surface area contributed by atoms with Gasteiger partial charge < -0.3 is 4.74 Å². The molecule has 0 saturated heterocycles. The summed E-state index contributed by atoms with van der Waals surface area (Å²) in [6, 6.07) is 0. The topological polar surface area (TPSA) is 26.3 Å². The third kappa shape index (κ3) is 5.73. The van der Waals surface area contributed by atoms with Crippen LogP contribution in [0.1, 0.15) is 47.0 Å². The number of ether oxygens (including phenoxy) is 1. The number of carbonyl (C=O) groups is 1. The van der Waals surface area contributed by atoms with Crippen LogP contribution in [0.15, 0.2) is 12.2 Å². The fourth-order valence-corrected chi connectivity index (χ4v) is 1.93. The molecule has 0 aliphatic carbocycles. The monoisotopic (exact) mass is 348 g/mol. The largest absolute Gasteiger partial charge is 0.459 e. The molecule has 0 aromatic heterocycles. The molecule has 0 fully saturated rings. The van der Waals surface area contributed by atoms with E-state index < -0.39 is 36.3 Å².